The number of nitrogens with two attached hydrogens (primary N) is 1. The molecule has 122 valence electrons. The van der Waals surface area contributed by atoms with Crippen molar-refractivity contribution >= 4 is 21.4 Å². The zero-order chi connectivity index (χ0) is 16.6. The fraction of sp³-hybridized carbons (Fsp3) is 0.250. The van der Waals surface area contributed by atoms with Crippen molar-refractivity contribution in [3.05, 3.63) is 47.8 Å². The summed E-state index contributed by atoms with van der Waals surface area (Å²) >= 11 is 0. The number of halogens is 1. The molecule has 0 radical (unpaired) electrons. The number of hydrogen-bond acceptors (Lipinski definition) is 4. The molecule has 7 heteroatoms. The van der Waals surface area contributed by atoms with Gasteiger partial charge in [-0.25, -0.2) is 12.8 Å². The second-order valence-corrected chi connectivity index (χ2v) is 7.18. The maximum atomic E-state index is 13.9. The molecule has 1 aliphatic rings. The molecule has 2 N–H and O–H groups in total. The minimum absolute atomic E-state index is 0.00670. The van der Waals surface area contributed by atoms with Crippen molar-refractivity contribution in [1.82, 2.24) is 0 Å². The van der Waals surface area contributed by atoms with E-state index >= 15 is 0 Å². The molecule has 1 aliphatic heterocycles. The third kappa shape index (κ3) is 2.61. The molecule has 0 unspecified atom stereocenters. The first-order valence-corrected chi connectivity index (χ1v) is 8.63. The van der Waals surface area contributed by atoms with Gasteiger partial charge >= 0.3 is 0 Å². The van der Waals surface area contributed by atoms with Crippen LogP contribution in [0.1, 0.15) is 12.0 Å². The van der Waals surface area contributed by atoms with Crippen LogP contribution < -0.4 is 14.8 Å². The van der Waals surface area contributed by atoms with Crippen molar-refractivity contribution in [2.24, 2.45) is 0 Å². The second kappa shape index (κ2) is 5.73. The molecular weight excluding hydrogens is 319 g/mol. The Balaban J connectivity index is 2.08. The predicted molar refractivity (Wildman–Crippen MR) is 86.7 cm³/mol. The van der Waals surface area contributed by atoms with Crippen molar-refractivity contribution in [3.63, 3.8) is 0 Å². The molecule has 0 spiro atoms. The number of sulfonamides is 1. The molecule has 23 heavy (non-hydrogen) atoms. The van der Waals surface area contributed by atoms with Crippen molar-refractivity contribution in [2.75, 3.05) is 23.7 Å². The van der Waals surface area contributed by atoms with Gasteiger partial charge in [0.05, 0.1) is 17.7 Å². The number of rotatable bonds is 3. The number of fused-ring (bicyclic) bond motifs is 1. The minimum atomic E-state index is -3.86. The molecule has 0 bridgehead atoms. The maximum Gasteiger partial charge on any atom is 0.264 e. The summed E-state index contributed by atoms with van der Waals surface area (Å²) in [5, 5.41) is 0. The lowest BCUT2D eigenvalue weighted by atomic mass is 10.0. The van der Waals surface area contributed by atoms with E-state index in [-0.39, 0.29) is 10.6 Å². The monoisotopic (exact) mass is 336 g/mol. The Labute approximate surface area is 134 Å². The van der Waals surface area contributed by atoms with Gasteiger partial charge in [-0.2, -0.15) is 0 Å². The summed E-state index contributed by atoms with van der Waals surface area (Å²) in [7, 11) is -2.53. The number of anilines is 2. The molecule has 0 saturated carbocycles. The molecule has 2 aromatic carbocycles. The summed E-state index contributed by atoms with van der Waals surface area (Å²) in [6, 6.07) is 8.83. The van der Waals surface area contributed by atoms with Crippen LogP contribution in [-0.4, -0.2) is 22.1 Å². The van der Waals surface area contributed by atoms with Crippen molar-refractivity contribution in [1.29, 1.82) is 0 Å². The highest BCUT2D eigenvalue weighted by molar-refractivity contribution is 7.92. The van der Waals surface area contributed by atoms with Crippen LogP contribution in [0, 0.1) is 5.82 Å². The summed E-state index contributed by atoms with van der Waals surface area (Å²) in [4.78, 5) is -0.105. The third-order valence-corrected chi connectivity index (χ3v) is 5.76. The summed E-state index contributed by atoms with van der Waals surface area (Å²) in [6.07, 6.45) is 1.39. The molecule has 0 aromatic heterocycles. The van der Waals surface area contributed by atoms with Gasteiger partial charge in [0.1, 0.15) is 0 Å². The summed E-state index contributed by atoms with van der Waals surface area (Å²) in [6.45, 7) is 0.340. The summed E-state index contributed by atoms with van der Waals surface area (Å²) in [5.74, 6) is -0.703. The van der Waals surface area contributed by atoms with Crippen LogP contribution in [0.15, 0.2) is 41.3 Å². The van der Waals surface area contributed by atoms with Gasteiger partial charge in [-0.05, 0) is 48.7 Å². The second-order valence-electron chi connectivity index (χ2n) is 5.32. The van der Waals surface area contributed by atoms with Crippen molar-refractivity contribution in [2.45, 2.75) is 17.7 Å². The van der Waals surface area contributed by atoms with Gasteiger partial charge in [0.25, 0.3) is 10.0 Å². The first kappa shape index (κ1) is 15.6. The van der Waals surface area contributed by atoms with Crippen LogP contribution >= 0.6 is 0 Å². The first-order valence-electron chi connectivity index (χ1n) is 7.19. The SMILES string of the molecule is COc1ccc(S(=O)(=O)N2CCCc3c(N)cccc32)cc1F. The van der Waals surface area contributed by atoms with E-state index in [0.717, 1.165) is 18.1 Å². The Kier molecular flexibility index (Phi) is 3.89. The lowest BCUT2D eigenvalue weighted by molar-refractivity contribution is 0.385. The quantitative estimate of drug-likeness (QED) is 0.874. The fourth-order valence-corrected chi connectivity index (χ4v) is 4.35. The molecule has 5 nitrogen and oxygen atoms in total. The average molecular weight is 336 g/mol. The Morgan fingerprint density at radius 2 is 2.04 bits per heavy atom. The number of benzene rings is 2. The third-order valence-electron chi connectivity index (χ3n) is 3.96. The van der Waals surface area contributed by atoms with E-state index in [1.807, 2.05) is 0 Å². The van der Waals surface area contributed by atoms with E-state index < -0.39 is 15.8 Å². The molecule has 3 rings (SSSR count). The number of nitrogens with zero attached hydrogens (tertiary/aromatic N) is 1. The van der Waals surface area contributed by atoms with Crippen LogP contribution in [0.4, 0.5) is 15.8 Å². The van der Waals surface area contributed by atoms with E-state index in [4.69, 9.17) is 10.5 Å². The zero-order valence-electron chi connectivity index (χ0n) is 12.6. The highest BCUT2D eigenvalue weighted by Gasteiger charge is 2.30. The van der Waals surface area contributed by atoms with Crippen LogP contribution in [0.2, 0.25) is 0 Å². The molecule has 1 heterocycles. The van der Waals surface area contributed by atoms with Crippen LogP contribution in [-0.2, 0) is 16.4 Å². The lowest BCUT2D eigenvalue weighted by Gasteiger charge is -2.31. The molecule has 0 atom stereocenters. The number of hydrogen-bond donors (Lipinski definition) is 1. The van der Waals surface area contributed by atoms with Crippen molar-refractivity contribution in [3.8, 4) is 5.75 Å². The summed E-state index contributed by atoms with van der Waals surface area (Å²) < 4.78 is 45.8. The number of ether oxygens (including phenoxy) is 1. The Hall–Kier alpha value is -2.28. The van der Waals surface area contributed by atoms with E-state index in [0.29, 0.717) is 24.3 Å². The summed E-state index contributed by atoms with van der Waals surface area (Å²) in [5.41, 5.74) is 7.90. The zero-order valence-corrected chi connectivity index (χ0v) is 13.4. The normalized spacial score (nSPS) is 14.4. The molecular formula is C16H17FN2O3S. The largest absolute Gasteiger partial charge is 0.494 e. The lowest BCUT2D eigenvalue weighted by Crippen LogP contribution is -2.35. The topological polar surface area (TPSA) is 72.6 Å². The number of methoxy groups -OCH3 is 1. The maximum absolute atomic E-state index is 13.9. The molecule has 0 fully saturated rings. The standard InChI is InChI=1S/C16H17FN2O3S/c1-22-16-8-7-11(10-13(16)17)23(20,21)19-9-3-4-12-14(18)5-2-6-15(12)19/h2,5-8,10H,3-4,9,18H2,1H3. The van der Waals surface area contributed by atoms with Gasteiger partial charge in [-0.3, -0.25) is 4.31 Å². The Morgan fingerprint density at radius 3 is 2.74 bits per heavy atom. The van der Waals surface area contributed by atoms with Crippen LogP contribution in [0.5, 0.6) is 5.75 Å². The minimum Gasteiger partial charge on any atom is -0.494 e. The van der Waals surface area contributed by atoms with Gasteiger partial charge in [0, 0.05) is 12.2 Å². The molecule has 0 amide bonds. The van der Waals surface area contributed by atoms with E-state index in [1.165, 1.54) is 23.5 Å². The smallest absolute Gasteiger partial charge is 0.264 e. The fourth-order valence-electron chi connectivity index (χ4n) is 2.80. The van der Waals surface area contributed by atoms with Gasteiger partial charge in [0.15, 0.2) is 11.6 Å². The van der Waals surface area contributed by atoms with Gasteiger partial charge < -0.3 is 10.5 Å². The van der Waals surface area contributed by atoms with Gasteiger partial charge in [-0.1, -0.05) is 6.07 Å². The Morgan fingerprint density at radius 1 is 1.26 bits per heavy atom. The highest BCUT2D eigenvalue weighted by Crippen LogP contribution is 2.35. The molecule has 0 saturated heterocycles. The van der Waals surface area contributed by atoms with E-state index in [9.17, 15) is 12.8 Å². The molecule has 2 aromatic rings. The molecule has 0 aliphatic carbocycles. The van der Waals surface area contributed by atoms with Crippen LogP contribution in [0.25, 0.3) is 0 Å². The number of nitrogen functional groups attached to an aromatic ring is 1. The predicted octanol–water partition coefficient (Wildman–Crippen LogP) is 2.56. The van der Waals surface area contributed by atoms with Gasteiger partial charge in [-0.15, -0.1) is 0 Å². The van der Waals surface area contributed by atoms with E-state index in [2.05, 4.69) is 0 Å². The van der Waals surface area contributed by atoms with E-state index in [1.54, 1.807) is 18.2 Å². The van der Waals surface area contributed by atoms with Crippen LogP contribution in [0.3, 0.4) is 0 Å². The Bertz CT molecular complexity index is 852. The average Bonchev–Trinajstić information content (AvgIpc) is 2.54. The van der Waals surface area contributed by atoms with Crippen molar-refractivity contribution < 1.29 is 17.5 Å². The highest BCUT2D eigenvalue weighted by atomic mass is 32.2. The first-order chi connectivity index (χ1) is 10.9. The van der Waals surface area contributed by atoms with Gasteiger partial charge in [0.2, 0.25) is 0 Å².